The predicted molar refractivity (Wildman–Crippen MR) is 66.1 cm³/mol. The Balaban J connectivity index is 2.40. The van der Waals surface area contributed by atoms with E-state index in [2.05, 4.69) is 10.3 Å². The van der Waals surface area contributed by atoms with Crippen molar-refractivity contribution in [3.63, 3.8) is 0 Å². The van der Waals surface area contributed by atoms with Gasteiger partial charge in [-0.3, -0.25) is 4.98 Å². The molecule has 4 heteroatoms. The van der Waals surface area contributed by atoms with Crippen molar-refractivity contribution < 1.29 is 8.78 Å². The molecule has 1 aromatic carbocycles. The van der Waals surface area contributed by atoms with Crippen molar-refractivity contribution in [1.29, 1.82) is 0 Å². The van der Waals surface area contributed by atoms with Crippen LogP contribution in [0.4, 0.5) is 8.78 Å². The molecular weight excluding hydrogens is 234 g/mol. The predicted octanol–water partition coefficient (Wildman–Crippen LogP) is 3.06. The van der Waals surface area contributed by atoms with E-state index >= 15 is 0 Å². The van der Waals surface area contributed by atoms with Gasteiger partial charge in [0.05, 0.1) is 12.2 Å². The normalized spacial score (nSPS) is 12.4. The zero-order valence-corrected chi connectivity index (χ0v) is 10.0. The summed E-state index contributed by atoms with van der Waals surface area (Å²) in [6.07, 6.45) is 2.73. The van der Waals surface area contributed by atoms with Crippen LogP contribution in [0.25, 0.3) is 0 Å². The van der Waals surface area contributed by atoms with E-state index in [4.69, 9.17) is 0 Å². The Morgan fingerprint density at radius 2 is 1.89 bits per heavy atom. The van der Waals surface area contributed by atoms with Crippen molar-refractivity contribution in [2.45, 2.75) is 13.0 Å². The van der Waals surface area contributed by atoms with E-state index < -0.39 is 0 Å². The van der Waals surface area contributed by atoms with Gasteiger partial charge in [-0.25, -0.2) is 8.78 Å². The minimum atomic E-state index is -0.368. The van der Waals surface area contributed by atoms with Crippen molar-refractivity contribution in [2.75, 3.05) is 6.54 Å². The third-order valence-corrected chi connectivity index (χ3v) is 2.73. The second-order valence-corrected chi connectivity index (χ2v) is 3.94. The Kier molecular flexibility index (Phi) is 3.99. The Hall–Kier alpha value is -1.81. The zero-order chi connectivity index (χ0) is 13.0. The van der Waals surface area contributed by atoms with Gasteiger partial charge in [-0.2, -0.15) is 0 Å². The molecule has 1 unspecified atom stereocenters. The summed E-state index contributed by atoms with van der Waals surface area (Å²) in [6.45, 7) is 2.62. The van der Waals surface area contributed by atoms with Crippen LogP contribution in [0.1, 0.15) is 24.1 Å². The second-order valence-electron chi connectivity index (χ2n) is 3.94. The van der Waals surface area contributed by atoms with Crippen LogP contribution in [0, 0.1) is 11.6 Å². The molecule has 2 nitrogen and oxygen atoms in total. The summed E-state index contributed by atoms with van der Waals surface area (Å²) in [4.78, 5) is 3.73. The number of pyridine rings is 1. The number of aromatic nitrogens is 1. The van der Waals surface area contributed by atoms with Crippen LogP contribution in [0.2, 0.25) is 0 Å². The molecule has 1 atom stereocenters. The summed E-state index contributed by atoms with van der Waals surface area (Å²) in [7, 11) is 0. The van der Waals surface area contributed by atoms with E-state index in [0.717, 1.165) is 5.56 Å². The summed E-state index contributed by atoms with van der Waals surface area (Å²) >= 11 is 0. The van der Waals surface area contributed by atoms with Crippen LogP contribution in [0.5, 0.6) is 0 Å². The lowest BCUT2D eigenvalue weighted by Gasteiger charge is -2.19. The topological polar surface area (TPSA) is 24.9 Å². The average molecular weight is 248 g/mol. The molecule has 1 N–H and O–H groups in total. The molecule has 1 heterocycles. The Labute approximate surface area is 105 Å². The van der Waals surface area contributed by atoms with E-state index in [1.807, 2.05) is 6.92 Å². The average Bonchev–Trinajstić information content (AvgIpc) is 2.38. The molecule has 2 rings (SSSR count). The highest BCUT2D eigenvalue weighted by Crippen LogP contribution is 2.23. The van der Waals surface area contributed by atoms with Crippen molar-refractivity contribution in [3.8, 4) is 0 Å². The van der Waals surface area contributed by atoms with Gasteiger partial charge >= 0.3 is 0 Å². The molecule has 0 aliphatic rings. The molecule has 1 aromatic heterocycles. The van der Waals surface area contributed by atoms with Gasteiger partial charge in [-0.05, 0) is 30.3 Å². The molecule has 0 spiro atoms. The van der Waals surface area contributed by atoms with Crippen LogP contribution >= 0.6 is 0 Å². The van der Waals surface area contributed by atoms with Crippen molar-refractivity contribution in [3.05, 3.63) is 65.5 Å². The lowest BCUT2D eigenvalue weighted by atomic mass is 9.99. The smallest absolute Gasteiger partial charge is 0.146 e. The molecule has 94 valence electrons. The Morgan fingerprint density at radius 1 is 1.17 bits per heavy atom. The van der Waals surface area contributed by atoms with Crippen molar-refractivity contribution in [1.82, 2.24) is 10.3 Å². The van der Waals surface area contributed by atoms with Crippen molar-refractivity contribution in [2.24, 2.45) is 0 Å². The maximum absolute atomic E-state index is 13.8. The van der Waals surface area contributed by atoms with Gasteiger partial charge in [-0.15, -0.1) is 0 Å². The fraction of sp³-hybridized carbons (Fsp3) is 0.214. The van der Waals surface area contributed by atoms with Gasteiger partial charge in [0.2, 0.25) is 0 Å². The van der Waals surface area contributed by atoms with E-state index in [-0.39, 0.29) is 17.7 Å². The van der Waals surface area contributed by atoms with Crippen LogP contribution in [0.3, 0.4) is 0 Å². The highest BCUT2D eigenvalue weighted by molar-refractivity contribution is 5.31. The Bertz CT molecular complexity index is 511. The third-order valence-electron chi connectivity index (χ3n) is 2.73. The first-order valence-corrected chi connectivity index (χ1v) is 5.80. The highest BCUT2D eigenvalue weighted by atomic mass is 19.1. The molecule has 0 amide bonds. The number of benzene rings is 1. The first kappa shape index (κ1) is 12.6. The molecule has 0 aliphatic carbocycles. The van der Waals surface area contributed by atoms with E-state index in [1.165, 1.54) is 18.3 Å². The summed E-state index contributed by atoms with van der Waals surface area (Å²) < 4.78 is 26.7. The summed E-state index contributed by atoms with van der Waals surface area (Å²) in [5.74, 6) is -0.669. The van der Waals surface area contributed by atoms with Gasteiger partial charge < -0.3 is 5.32 Å². The van der Waals surface area contributed by atoms with E-state index in [9.17, 15) is 8.78 Å². The standard InChI is InChI=1S/C14H14F2N2/c1-2-18-14(10-3-5-11(15)6-4-10)12-7-8-17-9-13(12)16/h3-9,14,18H,2H2,1H3. The van der Waals surface area contributed by atoms with Crippen molar-refractivity contribution >= 4 is 0 Å². The second kappa shape index (κ2) is 5.69. The lowest BCUT2D eigenvalue weighted by Crippen LogP contribution is -2.23. The summed E-state index contributed by atoms with van der Waals surface area (Å²) in [5.41, 5.74) is 1.34. The van der Waals surface area contributed by atoms with Crippen LogP contribution in [0.15, 0.2) is 42.7 Å². The fourth-order valence-corrected chi connectivity index (χ4v) is 1.89. The quantitative estimate of drug-likeness (QED) is 0.899. The largest absolute Gasteiger partial charge is 0.306 e. The zero-order valence-electron chi connectivity index (χ0n) is 10.0. The van der Waals surface area contributed by atoms with Crippen LogP contribution in [-0.2, 0) is 0 Å². The number of hydrogen-bond acceptors (Lipinski definition) is 2. The molecule has 0 radical (unpaired) electrons. The molecular formula is C14H14F2N2. The maximum atomic E-state index is 13.8. The first-order valence-electron chi connectivity index (χ1n) is 5.80. The van der Waals surface area contributed by atoms with Gasteiger partial charge in [0.25, 0.3) is 0 Å². The minimum Gasteiger partial charge on any atom is -0.306 e. The van der Waals surface area contributed by atoms with Crippen LogP contribution in [-0.4, -0.2) is 11.5 Å². The maximum Gasteiger partial charge on any atom is 0.146 e. The summed E-state index contributed by atoms with van der Waals surface area (Å²) in [5, 5.41) is 3.19. The fourth-order valence-electron chi connectivity index (χ4n) is 1.89. The molecule has 0 saturated carbocycles. The van der Waals surface area contributed by atoms with Crippen LogP contribution < -0.4 is 5.32 Å². The summed E-state index contributed by atoms with van der Waals surface area (Å²) in [6, 6.07) is 7.40. The third kappa shape index (κ3) is 2.71. The van der Waals surface area contributed by atoms with E-state index in [1.54, 1.807) is 24.4 Å². The first-order chi connectivity index (χ1) is 8.72. The lowest BCUT2D eigenvalue weighted by molar-refractivity contribution is 0.553. The Morgan fingerprint density at radius 3 is 2.50 bits per heavy atom. The number of nitrogens with one attached hydrogen (secondary N) is 1. The highest BCUT2D eigenvalue weighted by Gasteiger charge is 2.16. The molecule has 0 saturated heterocycles. The van der Waals surface area contributed by atoms with Gasteiger partial charge in [0, 0.05) is 11.8 Å². The molecule has 0 fully saturated rings. The number of rotatable bonds is 4. The number of nitrogens with zero attached hydrogens (tertiary/aromatic N) is 1. The van der Waals surface area contributed by atoms with Gasteiger partial charge in [0.15, 0.2) is 0 Å². The molecule has 0 aliphatic heterocycles. The van der Waals surface area contributed by atoms with Gasteiger partial charge in [0.1, 0.15) is 11.6 Å². The molecule has 0 bridgehead atoms. The molecule has 18 heavy (non-hydrogen) atoms. The molecule has 2 aromatic rings. The van der Waals surface area contributed by atoms with E-state index in [0.29, 0.717) is 12.1 Å². The minimum absolute atomic E-state index is 0.293. The monoisotopic (exact) mass is 248 g/mol. The van der Waals surface area contributed by atoms with Gasteiger partial charge in [-0.1, -0.05) is 19.1 Å². The number of halogens is 2. The number of hydrogen-bond donors (Lipinski definition) is 1. The SMILES string of the molecule is CCNC(c1ccc(F)cc1)c1ccncc1F.